The predicted molar refractivity (Wildman–Crippen MR) is 89.9 cm³/mol. The third kappa shape index (κ3) is 2.93. The van der Waals surface area contributed by atoms with Gasteiger partial charge in [-0.05, 0) is 42.7 Å². The normalized spacial score (nSPS) is 10.4. The zero-order chi connectivity index (χ0) is 14.1. The molecule has 0 atom stereocenters. The van der Waals surface area contributed by atoms with Gasteiger partial charge in [0.05, 0.1) is 11.0 Å². The molecule has 0 bridgehead atoms. The number of fused-ring (bicyclic) bond motifs is 1. The molecule has 0 unspecified atom stereocenters. The minimum Gasteiger partial charge on any atom is -0.268 e. The molecule has 0 aliphatic rings. The maximum atomic E-state index is 12.7. The lowest BCUT2D eigenvalue weighted by molar-refractivity contribution is 0.0955. The summed E-state index contributed by atoms with van der Waals surface area (Å²) in [7, 11) is 0. The van der Waals surface area contributed by atoms with Crippen molar-refractivity contribution in [2.75, 3.05) is 6.26 Å². The van der Waals surface area contributed by atoms with Gasteiger partial charge in [0.2, 0.25) is 0 Å². The molecule has 6 heteroatoms. The second-order valence-corrected chi connectivity index (χ2v) is 5.44. The molecule has 108 valence electrons. The smallest absolute Gasteiger partial charge is 0.264 e. The van der Waals surface area contributed by atoms with Crippen molar-refractivity contribution in [2.45, 2.75) is 5.16 Å². The second kappa shape index (κ2) is 6.52. The molecule has 1 aromatic heterocycles. The van der Waals surface area contributed by atoms with E-state index in [0.29, 0.717) is 15.7 Å². The molecule has 0 radical (unpaired) electrons. The van der Waals surface area contributed by atoms with E-state index in [1.165, 1.54) is 11.8 Å². The molecule has 0 spiro atoms. The van der Waals surface area contributed by atoms with Crippen LogP contribution in [0.5, 0.6) is 0 Å². The number of rotatable bonds is 2. The topological polar surface area (TPSA) is 34.9 Å². The standard InChI is InChI=1S/C15H11ClN2OS.ClH/c1-20-15-17-12-4-2-3-5-13(12)18(15)14(19)10-6-8-11(16)9-7-10;/h2-9H,1H3;1H. The highest BCUT2D eigenvalue weighted by Crippen LogP contribution is 2.24. The number of nitrogens with zero attached hydrogens (tertiary/aromatic N) is 2. The maximum Gasteiger partial charge on any atom is 0.264 e. The molecule has 0 aliphatic carbocycles. The fraction of sp³-hybridized carbons (Fsp3) is 0.0667. The van der Waals surface area contributed by atoms with E-state index in [4.69, 9.17) is 11.6 Å². The Morgan fingerprint density at radius 2 is 1.81 bits per heavy atom. The third-order valence-electron chi connectivity index (χ3n) is 3.01. The molecule has 0 saturated heterocycles. The summed E-state index contributed by atoms with van der Waals surface area (Å²) in [4.78, 5) is 17.2. The minimum absolute atomic E-state index is 0. The van der Waals surface area contributed by atoms with Crippen LogP contribution in [0.1, 0.15) is 10.4 Å². The summed E-state index contributed by atoms with van der Waals surface area (Å²) in [5.74, 6) is -0.0975. The summed E-state index contributed by atoms with van der Waals surface area (Å²) < 4.78 is 1.64. The number of para-hydroxylation sites is 2. The summed E-state index contributed by atoms with van der Waals surface area (Å²) in [5.41, 5.74) is 2.23. The lowest BCUT2D eigenvalue weighted by atomic mass is 10.2. The van der Waals surface area contributed by atoms with Crippen LogP contribution >= 0.6 is 35.8 Å². The van der Waals surface area contributed by atoms with Crippen molar-refractivity contribution in [2.24, 2.45) is 0 Å². The van der Waals surface area contributed by atoms with Crippen molar-refractivity contribution in [3.63, 3.8) is 0 Å². The van der Waals surface area contributed by atoms with E-state index < -0.39 is 0 Å². The molecule has 0 fully saturated rings. The van der Waals surface area contributed by atoms with Crippen molar-refractivity contribution in [3.05, 3.63) is 59.1 Å². The number of carbonyl (C=O) groups is 1. The molecule has 0 amide bonds. The summed E-state index contributed by atoms with van der Waals surface area (Å²) in [5, 5.41) is 1.30. The van der Waals surface area contributed by atoms with E-state index in [-0.39, 0.29) is 18.3 Å². The Labute approximate surface area is 137 Å². The molecule has 0 N–H and O–H groups in total. The first-order valence-electron chi connectivity index (χ1n) is 6.02. The minimum atomic E-state index is -0.0975. The first-order valence-corrected chi connectivity index (χ1v) is 7.62. The maximum absolute atomic E-state index is 12.7. The summed E-state index contributed by atoms with van der Waals surface area (Å²) in [6.45, 7) is 0. The van der Waals surface area contributed by atoms with Gasteiger partial charge < -0.3 is 0 Å². The van der Waals surface area contributed by atoms with Crippen LogP contribution in [0, 0.1) is 0 Å². The number of hydrogen-bond donors (Lipinski definition) is 0. The highest BCUT2D eigenvalue weighted by molar-refractivity contribution is 7.98. The predicted octanol–water partition coefficient (Wildman–Crippen LogP) is 4.52. The van der Waals surface area contributed by atoms with Gasteiger partial charge in [0.15, 0.2) is 5.16 Å². The van der Waals surface area contributed by atoms with Crippen molar-refractivity contribution in [1.29, 1.82) is 0 Å². The number of halogens is 2. The first-order chi connectivity index (χ1) is 9.70. The summed E-state index contributed by atoms with van der Waals surface area (Å²) in [6.07, 6.45) is 1.91. The quantitative estimate of drug-likeness (QED) is 0.644. The Morgan fingerprint density at radius 3 is 2.48 bits per heavy atom. The fourth-order valence-electron chi connectivity index (χ4n) is 2.06. The lowest BCUT2D eigenvalue weighted by Gasteiger charge is -2.06. The van der Waals surface area contributed by atoms with Gasteiger partial charge in [-0.25, -0.2) is 4.98 Å². The van der Waals surface area contributed by atoms with Crippen molar-refractivity contribution < 1.29 is 4.79 Å². The Morgan fingerprint density at radius 1 is 1.14 bits per heavy atom. The third-order valence-corrected chi connectivity index (χ3v) is 3.90. The summed E-state index contributed by atoms with van der Waals surface area (Å²) in [6, 6.07) is 14.5. The molecule has 1 heterocycles. The fourth-order valence-corrected chi connectivity index (χ4v) is 2.74. The largest absolute Gasteiger partial charge is 0.268 e. The monoisotopic (exact) mass is 338 g/mol. The van der Waals surface area contributed by atoms with Crippen LogP contribution < -0.4 is 0 Å². The molecule has 0 saturated carbocycles. The number of imidazole rings is 1. The van der Waals surface area contributed by atoms with E-state index in [1.807, 2.05) is 30.5 Å². The number of aromatic nitrogens is 2. The van der Waals surface area contributed by atoms with E-state index >= 15 is 0 Å². The molecule has 21 heavy (non-hydrogen) atoms. The molecule has 0 aliphatic heterocycles. The Hall–Kier alpha value is -1.49. The second-order valence-electron chi connectivity index (χ2n) is 4.23. The highest BCUT2D eigenvalue weighted by Gasteiger charge is 2.17. The molecule has 3 nitrogen and oxygen atoms in total. The first kappa shape index (κ1) is 15.9. The molecule has 2 aromatic carbocycles. The summed E-state index contributed by atoms with van der Waals surface area (Å²) >= 11 is 7.31. The van der Waals surface area contributed by atoms with Crippen molar-refractivity contribution in [1.82, 2.24) is 9.55 Å². The zero-order valence-corrected chi connectivity index (χ0v) is 13.5. The van der Waals surface area contributed by atoms with Gasteiger partial charge in [-0.15, -0.1) is 12.4 Å². The lowest BCUT2D eigenvalue weighted by Crippen LogP contribution is -2.12. The van der Waals surface area contributed by atoms with Crippen LogP contribution in [0.3, 0.4) is 0 Å². The number of hydrogen-bond acceptors (Lipinski definition) is 3. The van der Waals surface area contributed by atoms with Gasteiger partial charge in [-0.2, -0.15) is 0 Å². The zero-order valence-electron chi connectivity index (χ0n) is 11.1. The molecule has 3 rings (SSSR count). The average Bonchev–Trinajstić information content (AvgIpc) is 2.85. The van der Waals surface area contributed by atoms with Crippen molar-refractivity contribution >= 4 is 52.7 Å². The van der Waals surface area contributed by atoms with E-state index in [2.05, 4.69) is 4.98 Å². The Kier molecular flexibility index (Phi) is 4.93. The van der Waals surface area contributed by atoms with Gasteiger partial charge >= 0.3 is 0 Å². The Balaban J connectivity index is 0.00000161. The van der Waals surface area contributed by atoms with Gasteiger partial charge in [0.25, 0.3) is 5.91 Å². The molecule has 3 aromatic rings. The number of benzene rings is 2. The molecular weight excluding hydrogens is 327 g/mol. The SMILES string of the molecule is CSc1nc2ccccc2n1C(=O)c1ccc(Cl)cc1.Cl. The van der Waals surface area contributed by atoms with Crippen LogP contribution in [0.2, 0.25) is 5.02 Å². The van der Waals surface area contributed by atoms with Gasteiger partial charge in [-0.3, -0.25) is 9.36 Å². The van der Waals surface area contributed by atoms with Crippen LogP contribution in [0.25, 0.3) is 11.0 Å². The van der Waals surface area contributed by atoms with E-state index in [9.17, 15) is 4.79 Å². The van der Waals surface area contributed by atoms with Crippen LogP contribution in [-0.2, 0) is 0 Å². The van der Waals surface area contributed by atoms with Crippen LogP contribution in [0.4, 0.5) is 0 Å². The average molecular weight is 339 g/mol. The van der Waals surface area contributed by atoms with Gasteiger partial charge in [0, 0.05) is 10.6 Å². The van der Waals surface area contributed by atoms with E-state index in [0.717, 1.165) is 11.0 Å². The van der Waals surface area contributed by atoms with Crippen molar-refractivity contribution in [3.8, 4) is 0 Å². The van der Waals surface area contributed by atoms with Gasteiger partial charge in [-0.1, -0.05) is 35.5 Å². The number of carbonyl (C=O) groups excluding carboxylic acids is 1. The molecular formula is C15H12Cl2N2OS. The van der Waals surface area contributed by atoms with E-state index in [1.54, 1.807) is 28.8 Å². The van der Waals surface area contributed by atoms with Gasteiger partial charge in [0.1, 0.15) is 0 Å². The van der Waals surface area contributed by atoms with Crippen LogP contribution in [-0.4, -0.2) is 21.7 Å². The number of thioether (sulfide) groups is 1. The Bertz CT molecular complexity index is 784. The van der Waals surface area contributed by atoms with Crippen LogP contribution in [0.15, 0.2) is 53.7 Å². The highest BCUT2D eigenvalue weighted by atomic mass is 35.5.